The number of halogens is 1. The molecule has 0 radical (unpaired) electrons. The summed E-state index contributed by atoms with van der Waals surface area (Å²) in [5, 5.41) is 0.459. The monoisotopic (exact) mass is 544 g/mol. The van der Waals surface area contributed by atoms with Gasteiger partial charge in [0.15, 0.2) is 0 Å². The molecule has 2 aromatic carbocycles. The molecule has 1 amide bonds. The average molecular weight is 545 g/mol. The second-order valence-electron chi connectivity index (χ2n) is 9.82. The third kappa shape index (κ3) is 5.83. The Hall–Kier alpha value is -4.28. The number of carbonyl (C=O) groups is 1. The van der Waals surface area contributed by atoms with Gasteiger partial charge in [0, 0.05) is 44.9 Å². The minimum Gasteiger partial charge on any atom is -0.457 e. The van der Waals surface area contributed by atoms with E-state index in [-0.39, 0.29) is 17.8 Å². The molecule has 0 bridgehead atoms. The lowest BCUT2D eigenvalue weighted by Crippen LogP contribution is -2.28. The second kappa shape index (κ2) is 12.3. The van der Waals surface area contributed by atoms with E-state index in [1.165, 1.54) is 6.33 Å². The first kappa shape index (κ1) is 27.3. The number of hydrogen-bond donors (Lipinski definition) is 1. The second-order valence-corrected chi connectivity index (χ2v) is 9.82. The highest BCUT2D eigenvalue weighted by molar-refractivity contribution is 6.01. The van der Waals surface area contributed by atoms with E-state index in [9.17, 15) is 4.79 Å². The van der Waals surface area contributed by atoms with Crippen molar-refractivity contribution in [2.75, 3.05) is 52.7 Å². The third-order valence-electron chi connectivity index (χ3n) is 7.07. The summed E-state index contributed by atoms with van der Waals surface area (Å²) in [6.07, 6.45) is 5.37. The number of carbonyl (C=O) groups excluding carboxylic acids is 1. The zero-order valence-corrected chi connectivity index (χ0v) is 22.7. The van der Waals surface area contributed by atoms with E-state index >= 15 is 4.39 Å². The fraction of sp³-hybridized carbons (Fsp3) is 0.300. The number of likely N-dealkylation sites (tertiary alicyclic amines) is 1. The largest absolute Gasteiger partial charge is 0.457 e. The van der Waals surface area contributed by atoms with Gasteiger partial charge in [-0.25, -0.2) is 9.97 Å². The Balaban J connectivity index is 1.37. The van der Waals surface area contributed by atoms with E-state index in [2.05, 4.69) is 14.9 Å². The number of amides is 1. The Bertz CT molecular complexity index is 1490. The first-order valence-electron chi connectivity index (χ1n) is 13.2. The van der Waals surface area contributed by atoms with Gasteiger partial charge < -0.3 is 25.0 Å². The number of ether oxygens (including phenoxy) is 2. The average Bonchev–Trinajstić information content (AvgIpc) is 3.56. The SMILES string of the molecule is COCCN(C)C/C=C/C(=O)N1CCC(n2c(F)c(-c3ccc(Oc4ccccc4)cc3)c3c(N)ncnc32)C1. The summed E-state index contributed by atoms with van der Waals surface area (Å²) in [6, 6.07) is 16.3. The van der Waals surface area contributed by atoms with E-state index in [1.54, 1.807) is 46.9 Å². The van der Waals surface area contributed by atoms with Crippen molar-refractivity contribution in [1.29, 1.82) is 0 Å². The Morgan fingerprint density at radius 3 is 2.65 bits per heavy atom. The van der Waals surface area contributed by atoms with E-state index in [0.29, 0.717) is 66.3 Å². The number of likely N-dealkylation sites (N-methyl/N-ethyl adjacent to an activating group) is 1. The molecule has 208 valence electrons. The van der Waals surface area contributed by atoms with Crippen LogP contribution in [0, 0.1) is 5.95 Å². The molecule has 0 aliphatic carbocycles. The van der Waals surface area contributed by atoms with E-state index < -0.39 is 5.95 Å². The highest BCUT2D eigenvalue weighted by atomic mass is 19.1. The van der Waals surface area contributed by atoms with Crippen LogP contribution in [0.1, 0.15) is 12.5 Å². The van der Waals surface area contributed by atoms with E-state index in [0.717, 1.165) is 6.54 Å². The van der Waals surface area contributed by atoms with Gasteiger partial charge in [-0.3, -0.25) is 9.36 Å². The van der Waals surface area contributed by atoms with Crippen molar-refractivity contribution in [3.63, 3.8) is 0 Å². The van der Waals surface area contributed by atoms with Gasteiger partial charge in [0.2, 0.25) is 11.9 Å². The minimum atomic E-state index is -0.450. The molecule has 1 aliphatic rings. The predicted molar refractivity (Wildman–Crippen MR) is 153 cm³/mol. The first-order valence-corrected chi connectivity index (χ1v) is 13.2. The van der Waals surface area contributed by atoms with Crippen LogP contribution in [0.5, 0.6) is 11.5 Å². The van der Waals surface area contributed by atoms with Crippen molar-refractivity contribution in [2.45, 2.75) is 12.5 Å². The van der Waals surface area contributed by atoms with Crippen LogP contribution in [0.4, 0.5) is 10.2 Å². The smallest absolute Gasteiger partial charge is 0.246 e. The fourth-order valence-corrected chi connectivity index (χ4v) is 4.97. The molecule has 1 unspecified atom stereocenters. The number of hydrogen-bond acceptors (Lipinski definition) is 7. The lowest BCUT2D eigenvalue weighted by molar-refractivity contribution is -0.125. The topological polar surface area (TPSA) is 98.7 Å². The maximum Gasteiger partial charge on any atom is 0.246 e. The summed E-state index contributed by atoms with van der Waals surface area (Å²) >= 11 is 0. The maximum atomic E-state index is 16.2. The standard InChI is InChI=1S/C30H33FN6O3/c1-35(17-18-39-2)15-6-9-25(38)36-16-14-22(19-36)37-28(31)26(27-29(32)33-20-34-30(27)37)21-10-12-24(13-11-21)40-23-7-4-3-5-8-23/h3-13,20,22H,14-19H2,1-2H3,(H2,32,33,34)/b9-6+. The van der Waals surface area contributed by atoms with Gasteiger partial charge in [0.25, 0.3) is 0 Å². The van der Waals surface area contributed by atoms with Crippen LogP contribution in [-0.4, -0.2) is 77.2 Å². The zero-order valence-electron chi connectivity index (χ0n) is 22.7. The van der Waals surface area contributed by atoms with Crippen molar-refractivity contribution in [3.8, 4) is 22.6 Å². The zero-order chi connectivity index (χ0) is 28.1. The molecule has 5 rings (SSSR count). The molecule has 40 heavy (non-hydrogen) atoms. The summed E-state index contributed by atoms with van der Waals surface area (Å²) in [7, 11) is 3.63. The highest BCUT2D eigenvalue weighted by Crippen LogP contribution is 2.39. The molecule has 1 aliphatic heterocycles. The Kier molecular flexibility index (Phi) is 8.37. The number of anilines is 1. The first-order chi connectivity index (χ1) is 19.5. The number of benzene rings is 2. The molecule has 2 N–H and O–H groups in total. The molecular weight excluding hydrogens is 511 g/mol. The van der Waals surface area contributed by atoms with Crippen LogP contribution in [0.25, 0.3) is 22.2 Å². The molecule has 10 heteroatoms. The molecule has 4 aromatic rings. The molecule has 0 saturated carbocycles. The Labute approximate surface area is 232 Å². The number of rotatable bonds is 10. The molecule has 0 spiro atoms. The highest BCUT2D eigenvalue weighted by Gasteiger charge is 2.32. The third-order valence-corrected chi connectivity index (χ3v) is 7.07. The Morgan fingerprint density at radius 1 is 1.15 bits per heavy atom. The van der Waals surface area contributed by atoms with Gasteiger partial charge >= 0.3 is 0 Å². The van der Waals surface area contributed by atoms with Crippen molar-refractivity contribution in [3.05, 3.63) is 79.0 Å². The molecule has 1 fully saturated rings. The predicted octanol–water partition coefficient (Wildman–Crippen LogP) is 4.52. The van der Waals surface area contributed by atoms with E-state index in [1.807, 2.05) is 43.5 Å². The minimum absolute atomic E-state index is 0.0946. The molecule has 1 atom stereocenters. The summed E-state index contributed by atoms with van der Waals surface area (Å²) in [6.45, 7) is 2.93. The van der Waals surface area contributed by atoms with Gasteiger partial charge in [-0.1, -0.05) is 36.4 Å². The number of fused-ring (bicyclic) bond motifs is 1. The summed E-state index contributed by atoms with van der Waals surface area (Å²) < 4.78 is 28.8. The van der Waals surface area contributed by atoms with E-state index in [4.69, 9.17) is 15.2 Å². The molecule has 9 nitrogen and oxygen atoms in total. The van der Waals surface area contributed by atoms with Gasteiger partial charge in [0.05, 0.1) is 18.0 Å². The lowest BCUT2D eigenvalue weighted by atomic mass is 10.1. The van der Waals surface area contributed by atoms with Crippen molar-refractivity contribution in [2.24, 2.45) is 0 Å². The summed E-state index contributed by atoms with van der Waals surface area (Å²) in [5.41, 5.74) is 7.64. The number of para-hydroxylation sites is 1. The molecular formula is C30H33FN6O3. The molecule has 2 aromatic heterocycles. The van der Waals surface area contributed by atoms with Gasteiger partial charge in [-0.15, -0.1) is 0 Å². The number of nitrogens with zero attached hydrogens (tertiary/aromatic N) is 5. The summed E-state index contributed by atoms with van der Waals surface area (Å²) in [5.74, 6) is 1.00. The number of aromatic nitrogens is 3. The normalized spacial score (nSPS) is 15.5. The number of nitrogens with two attached hydrogens (primary N) is 1. The fourth-order valence-electron chi connectivity index (χ4n) is 4.97. The van der Waals surface area contributed by atoms with Crippen LogP contribution in [0.15, 0.2) is 73.1 Å². The van der Waals surface area contributed by atoms with Gasteiger partial charge in [0.1, 0.15) is 29.3 Å². The van der Waals surface area contributed by atoms with Crippen LogP contribution < -0.4 is 10.5 Å². The molecule has 3 heterocycles. The molecule has 1 saturated heterocycles. The van der Waals surface area contributed by atoms with Crippen molar-refractivity contribution < 1.29 is 18.7 Å². The van der Waals surface area contributed by atoms with Crippen molar-refractivity contribution in [1.82, 2.24) is 24.3 Å². The Morgan fingerprint density at radius 2 is 1.90 bits per heavy atom. The maximum absolute atomic E-state index is 16.2. The van der Waals surface area contributed by atoms with Crippen LogP contribution in [-0.2, 0) is 9.53 Å². The van der Waals surface area contributed by atoms with Crippen LogP contribution in [0.3, 0.4) is 0 Å². The van der Waals surface area contributed by atoms with Crippen LogP contribution in [0.2, 0.25) is 0 Å². The van der Waals surface area contributed by atoms with Crippen molar-refractivity contribution >= 4 is 22.8 Å². The lowest BCUT2D eigenvalue weighted by Gasteiger charge is -2.17. The number of methoxy groups -OCH3 is 1. The summed E-state index contributed by atoms with van der Waals surface area (Å²) in [4.78, 5) is 25.2. The van der Waals surface area contributed by atoms with Gasteiger partial charge in [-0.05, 0) is 43.3 Å². The van der Waals surface area contributed by atoms with Gasteiger partial charge in [-0.2, -0.15) is 4.39 Å². The number of nitrogen functional groups attached to an aromatic ring is 1. The van der Waals surface area contributed by atoms with Crippen LogP contribution >= 0.6 is 0 Å². The quantitative estimate of drug-likeness (QED) is 0.293.